The molecule has 0 aliphatic heterocycles. The third-order valence-corrected chi connectivity index (χ3v) is 4.22. The minimum absolute atomic E-state index is 0.0158. The molecule has 2 aliphatic rings. The van der Waals surface area contributed by atoms with E-state index in [1.807, 2.05) is 0 Å². The topological polar surface area (TPSA) is 23.8 Å². The van der Waals surface area contributed by atoms with Crippen molar-refractivity contribution in [2.45, 2.75) is 11.8 Å². The first-order chi connectivity index (χ1) is 8.38. The van der Waals surface area contributed by atoms with Crippen molar-refractivity contribution >= 4 is 0 Å². The summed E-state index contributed by atoms with van der Waals surface area (Å²) < 4.78 is 0. The van der Waals surface area contributed by atoms with Gasteiger partial charge in [-0.25, -0.2) is 0 Å². The van der Waals surface area contributed by atoms with E-state index in [-0.39, 0.29) is 11.3 Å². The first-order valence-electron chi connectivity index (χ1n) is 5.97. The fourth-order valence-corrected chi connectivity index (χ4v) is 3.37. The van der Waals surface area contributed by atoms with E-state index in [4.69, 9.17) is 0 Å². The molecule has 4 rings (SSSR count). The molecule has 1 fully saturated rings. The summed E-state index contributed by atoms with van der Waals surface area (Å²) >= 11 is 0. The van der Waals surface area contributed by atoms with Gasteiger partial charge >= 0.3 is 0 Å². The molecule has 0 heterocycles. The quantitative estimate of drug-likeness (QED) is 0.662. The number of hydrogen-bond donors (Lipinski definition) is 0. The van der Waals surface area contributed by atoms with Crippen LogP contribution in [0.1, 0.15) is 17.5 Å². The molecule has 1 unspecified atom stereocenters. The Balaban J connectivity index is 2.09. The first-order valence-corrected chi connectivity index (χ1v) is 5.97. The van der Waals surface area contributed by atoms with Gasteiger partial charge in [0.15, 0.2) is 0 Å². The lowest BCUT2D eigenvalue weighted by Crippen LogP contribution is -2.07. The second kappa shape index (κ2) is 2.78. The van der Waals surface area contributed by atoms with Gasteiger partial charge in [-0.2, -0.15) is 5.26 Å². The van der Waals surface area contributed by atoms with Gasteiger partial charge in [0, 0.05) is 5.41 Å². The van der Waals surface area contributed by atoms with Crippen LogP contribution in [0.3, 0.4) is 0 Å². The predicted octanol–water partition coefficient (Wildman–Crippen LogP) is 3.50. The van der Waals surface area contributed by atoms with Crippen molar-refractivity contribution in [3.8, 4) is 17.2 Å². The van der Waals surface area contributed by atoms with Crippen molar-refractivity contribution in [1.29, 1.82) is 5.26 Å². The Morgan fingerprint density at radius 1 is 0.941 bits per heavy atom. The number of hydrogen-bond acceptors (Lipinski definition) is 1. The van der Waals surface area contributed by atoms with Crippen LogP contribution in [0.25, 0.3) is 11.1 Å². The molecule has 1 heteroatoms. The average molecular weight is 217 g/mol. The summed E-state index contributed by atoms with van der Waals surface area (Å²) in [6.07, 6.45) is 0.984. The molecule has 1 atom stereocenters. The van der Waals surface area contributed by atoms with E-state index in [1.54, 1.807) is 0 Å². The van der Waals surface area contributed by atoms with Gasteiger partial charge in [0.05, 0.1) is 12.0 Å². The van der Waals surface area contributed by atoms with Crippen molar-refractivity contribution in [1.82, 2.24) is 0 Å². The fraction of sp³-hybridized carbons (Fsp3) is 0.188. The Labute approximate surface area is 100 Å². The van der Waals surface area contributed by atoms with Gasteiger partial charge in [-0.1, -0.05) is 48.5 Å². The van der Waals surface area contributed by atoms with Gasteiger partial charge in [0.1, 0.15) is 0 Å². The van der Waals surface area contributed by atoms with Crippen LogP contribution in [0.2, 0.25) is 0 Å². The maximum atomic E-state index is 9.23. The fourth-order valence-electron chi connectivity index (χ4n) is 3.37. The molecule has 2 aromatic rings. The molecular weight excluding hydrogens is 206 g/mol. The Morgan fingerprint density at radius 3 is 1.94 bits per heavy atom. The summed E-state index contributed by atoms with van der Waals surface area (Å²) in [4.78, 5) is 0. The molecule has 1 saturated carbocycles. The van der Waals surface area contributed by atoms with E-state index in [0.29, 0.717) is 0 Å². The Hall–Kier alpha value is -2.07. The van der Waals surface area contributed by atoms with Crippen LogP contribution in [-0.2, 0) is 5.41 Å². The largest absolute Gasteiger partial charge is 0.198 e. The highest BCUT2D eigenvalue weighted by atomic mass is 14.6. The van der Waals surface area contributed by atoms with E-state index >= 15 is 0 Å². The molecule has 1 nitrogen and oxygen atoms in total. The van der Waals surface area contributed by atoms with E-state index in [9.17, 15) is 5.26 Å². The van der Waals surface area contributed by atoms with Crippen LogP contribution in [0.5, 0.6) is 0 Å². The maximum Gasteiger partial charge on any atom is 0.0669 e. The van der Waals surface area contributed by atoms with Crippen LogP contribution < -0.4 is 0 Å². The minimum atomic E-state index is 0.0158. The van der Waals surface area contributed by atoms with Crippen molar-refractivity contribution in [3.05, 3.63) is 59.7 Å². The van der Waals surface area contributed by atoms with E-state index in [2.05, 4.69) is 54.6 Å². The summed E-state index contributed by atoms with van der Waals surface area (Å²) in [6.45, 7) is 0. The van der Waals surface area contributed by atoms with Crippen LogP contribution in [0, 0.1) is 17.2 Å². The third kappa shape index (κ3) is 0.900. The lowest BCUT2D eigenvalue weighted by Gasteiger charge is -2.10. The third-order valence-electron chi connectivity index (χ3n) is 4.22. The molecule has 2 aromatic carbocycles. The van der Waals surface area contributed by atoms with Gasteiger partial charge in [-0.3, -0.25) is 0 Å². The molecule has 0 bridgehead atoms. The highest BCUT2D eigenvalue weighted by molar-refractivity contribution is 5.83. The monoisotopic (exact) mass is 217 g/mol. The van der Waals surface area contributed by atoms with E-state index in [1.165, 1.54) is 22.3 Å². The predicted molar refractivity (Wildman–Crippen MR) is 66.4 cm³/mol. The SMILES string of the molecule is N#CC1CC12c1ccccc1-c1ccccc12. The minimum Gasteiger partial charge on any atom is -0.198 e. The first kappa shape index (κ1) is 9.01. The summed E-state index contributed by atoms with van der Waals surface area (Å²) in [6, 6.07) is 19.5. The Morgan fingerprint density at radius 2 is 1.47 bits per heavy atom. The zero-order valence-electron chi connectivity index (χ0n) is 9.35. The summed E-state index contributed by atoms with van der Waals surface area (Å²) in [7, 11) is 0. The van der Waals surface area contributed by atoms with Crippen LogP contribution in [0.4, 0.5) is 0 Å². The Kier molecular flexibility index (Phi) is 1.48. The molecule has 0 radical (unpaired) electrons. The summed E-state index contributed by atoms with van der Waals surface area (Å²) in [5.74, 6) is 0.160. The molecule has 0 saturated heterocycles. The summed E-state index contributed by atoms with van der Waals surface area (Å²) in [5.41, 5.74) is 5.37. The highest BCUT2D eigenvalue weighted by Crippen LogP contribution is 2.65. The molecule has 17 heavy (non-hydrogen) atoms. The van der Waals surface area contributed by atoms with Gasteiger partial charge in [-0.05, 0) is 28.7 Å². The molecule has 0 aromatic heterocycles. The average Bonchev–Trinajstić information content (AvgIpc) is 3.07. The molecule has 0 N–H and O–H groups in total. The van der Waals surface area contributed by atoms with Crippen LogP contribution >= 0.6 is 0 Å². The van der Waals surface area contributed by atoms with Gasteiger partial charge in [-0.15, -0.1) is 0 Å². The highest BCUT2D eigenvalue weighted by Gasteiger charge is 2.61. The normalized spacial score (nSPS) is 21.7. The lowest BCUT2D eigenvalue weighted by molar-refractivity contribution is 0.822. The maximum absolute atomic E-state index is 9.23. The van der Waals surface area contributed by atoms with Crippen molar-refractivity contribution in [2.24, 2.45) is 5.92 Å². The molecule has 0 amide bonds. The number of fused-ring (bicyclic) bond motifs is 5. The van der Waals surface area contributed by atoms with Crippen LogP contribution in [0.15, 0.2) is 48.5 Å². The number of nitrogens with zero attached hydrogens (tertiary/aromatic N) is 1. The number of benzene rings is 2. The van der Waals surface area contributed by atoms with Gasteiger partial charge in [0.2, 0.25) is 0 Å². The molecule has 80 valence electrons. The molecular formula is C16H11N. The van der Waals surface area contributed by atoms with Gasteiger partial charge < -0.3 is 0 Å². The van der Waals surface area contributed by atoms with E-state index in [0.717, 1.165) is 6.42 Å². The van der Waals surface area contributed by atoms with Gasteiger partial charge in [0.25, 0.3) is 0 Å². The Bertz CT molecular complexity index is 618. The zero-order valence-corrected chi connectivity index (χ0v) is 9.35. The number of rotatable bonds is 0. The second-order valence-electron chi connectivity index (χ2n) is 4.95. The van der Waals surface area contributed by atoms with E-state index < -0.39 is 0 Å². The smallest absolute Gasteiger partial charge is 0.0669 e. The molecule has 1 spiro atoms. The molecule has 2 aliphatic carbocycles. The van der Waals surface area contributed by atoms with Crippen molar-refractivity contribution in [2.75, 3.05) is 0 Å². The standard InChI is InChI=1S/C16H11N/c17-10-11-9-16(11)14-7-3-1-5-12(14)13-6-2-4-8-15(13)16/h1-8,11H,9H2. The number of nitriles is 1. The lowest BCUT2D eigenvalue weighted by atomic mass is 9.91. The van der Waals surface area contributed by atoms with Crippen molar-refractivity contribution in [3.63, 3.8) is 0 Å². The van der Waals surface area contributed by atoms with Crippen molar-refractivity contribution < 1.29 is 0 Å². The summed E-state index contributed by atoms with van der Waals surface area (Å²) in [5, 5.41) is 9.23. The zero-order chi connectivity index (χ0) is 11.5. The van der Waals surface area contributed by atoms with Crippen LogP contribution in [-0.4, -0.2) is 0 Å². The second-order valence-corrected chi connectivity index (χ2v) is 4.95.